The van der Waals surface area contributed by atoms with Gasteiger partial charge in [0, 0.05) is 23.9 Å². The molecule has 6 nitrogen and oxygen atoms in total. The molecule has 0 radical (unpaired) electrons. The van der Waals surface area contributed by atoms with Crippen LogP contribution < -0.4 is 5.73 Å². The Balaban J connectivity index is 1.96. The molecule has 3 N–H and O–H groups in total. The first-order chi connectivity index (χ1) is 14.2. The zero-order valence-corrected chi connectivity index (χ0v) is 17.6. The van der Waals surface area contributed by atoms with E-state index >= 15 is 0 Å². The van der Waals surface area contributed by atoms with Crippen LogP contribution in [0.15, 0.2) is 30.6 Å². The highest BCUT2D eigenvalue weighted by Gasteiger charge is 2.35. The van der Waals surface area contributed by atoms with Gasteiger partial charge in [-0.3, -0.25) is 4.68 Å². The number of halogens is 3. The number of rotatable bonds is 8. The Morgan fingerprint density at radius 1 is 1.17 bits per heavy atom. The SMILES string of the molecule is CCCCCn1cc(-c2ccc(-c3nnc([C@@](C)(N)CO)s3)cc2C(F)(F)F)cn1. The van der Waals surface area contributed by atoms with Gasteiger partial charge in [0.25, 0.3) is 0 Å². The van der Waals surface area contributed by atoms with Gasteiger partial charge < -0.3 is 10.8 Å². The molecule has 3 aromatic rings. The third-order valence-corrected chi connectivity index (χ3v) is 6.00. The summed E-state index contributed by atoms with van der Waals surface area (Å²) < 4.78 is 43.1. The smallest absolute Gasteiger partial charge is 0.394 e. The Morgan fingerprint density at radius 2 is 1.93 bits per heavy atom. The first-order valence-corrected chi connectivity index (χ1v) is 10.5. The van der Waals surface area contributed by atoms with Crippen LogP contribution in [0, 0.1) is 0 Å². The number of aliphatic hydroxyl groups is 1. The van der Waals surface area contributed by atoms with Crippen molar-refractivity contribution in [3.05, 3.63) is 41.2 Å². The predicted molar refractivity (Wildman–Crippen MR) is 110 cm³/mol. The molecular weight excluding hydrogens is 415 g/mol. The summed E-state index contributed by atoms with van der Waals surface area (Å²) in [4.78, 5) is 0. The molecule has 2 heterocycles. The standard InChI is InChI=1S/C20H24F3N5OS/c1-3-4-5-8-28-11-14(10-25-28)15-7-6-13(9-16(15)20(21,22)23)17-26-27-18(30-17)19(2,24)12-29/h6-7,9-11,29H,3-5,8,12,24H2,1-2H3/t19-/m0/s1. The van der Waals surface area contributed by atoms with Crippen molar-refractivity contribution in [3.63, 3.8) is 0 Å². The normalized spacial score (nSPS) is 14.1. The largest absolute Gasteiger partial charge is 0.417 e. The summed E-state index contributed by atoms with van der Waals surface area (Å²) in [5.74, 6) is 0. The van der Waals surface area contributed by atoms with Crippen molar-refractivity contribution in [2.45, 2.75) is 51.4 Å². The fourth-order valence-electron chi connectivity index (χ4n) is 2.95. The molecule has 2 aromatic heterocycles. The van der Waals surface area contributed by atoms with Crippen LogP contribution in [-0.4, -0.2) is 31.7 Å². The lowest BCUT2D eigenvalue weighted by Gasteiger charge is -2.16. The molecule has 0 unspecified atom stereocenters. The summed E-state index contributed by atoms with van der Waals surface area (Å²) in [7, 11) is 0. The van der Waals surface area contributed by atoms with E-state index in [-0.39, 0.29) is 12.2 Å². The quantitative estimate of drug-likeness (QED) is 0.507. The van der Waals surface area contributed by atoms with Gasteiger partial charge in [-0.25, -0.2) is 0 Å². The number of nitrogens with two attached hydrogens (primary N) is 1. The highest BCUT2D eigenvalue weighted by molar-refractivity contribution is 7.14. The van der Waals surface area contributed by atoms with E-state index in [1.807, 2.05) is 0 Å². The van der Waals surface area contributed by atoms with Crippen molar-refractivity contribution >= 4 is 11.3 Å². The molecular formula is C20H24F3N5OS. The predicted octanol–water partition coefficient (Wildman–Crippen LogP) is 4.44. The van der Waals surface area contributed by atoms with Crippen LogP contribution in [0.25, 0.3) is 21.7 Å². The molecule has 30 heavy (non-hydrogen) atoms. The van der Waals surface area contributed by atoms with Crippen molar-refractivity contribution in [2.75, 3.05) is 6.61 Å². The maximum atomic E-state index is 13.8. The van der Waals surface area contributed by atoms with Crippen LogP contribution in [0.1, 0.15) is 43.7 Å². The van der Waals surface area contributed by atoms with E-state index < -0.39 is 17.3 Å². The van der Waals surface area contributed by atoms with Gasteiger partial charge in [0.05, 0.1) is 23.9 Å². The molecule has 0 aliphatic carbocycles. The van der Waals surface area contributed by atoms with E-state index in [4.69, 9.17) is 5.73 Å². The zero-order valence-electron chi connectivity index (χ0n) is 16.8. The number of alkyl halides is 3. The second-order valence-corrected chi connectivity index (χ2v) is 8.42. The third kappa shape index (κ3) is 4.88. The summed E-state index contributed by atoms with van der Waals surface area (Å²) in [6.45, 7) is 3.99. The minimum Gasteiger partial charge on any atom is -0.394 e. The average Bonchev–Trinajstić information content (AvgIpc) is 3.37. The Kier molecular flexibility index (Phi) is 6.59. The lowest BCUT2D eigenvalue weighted by Crippen LogP contribution is -2.36. The maximum absolute atomic E-state index is 13.8. The van der Waals surface area contributed by atoms with Gasteiger partial charge in [0.15, 0.2) is 0 Å². The van der Waals surface area contributed by atoms with Crippen LogP contribution in [0.2, 0.25) is 0 Å². The molecule has 1 atom stereocenters. The lowest BCUT2D eigenvalue weighted by molar-refractivity contribution is -0.137. The highest BCUT2D eigenvalue weighted by Crippen LogP contribution is 2.40. The number of unbranched alkanes of at least 4 members (excludes halogenated alkanes) is 2. The summed E-state index contributed by atoms with van der Waals surface area (Å²) in [6, 6.07) is 4.08. The number of aryl methyl sites for hydroxylation is 1. The third-order valence-electron chi connectivity index (χ3n) is 4.75. The van der Waals surface area contributed by atoms with Gasteiger partial charge in [0.1, 0.15) is 10.0 Å². The maximum Gasteiger partial charge on any atom is 0.417 e. The molecule has 3 rings (SSSR count). The van der Waals surface area contributed by atoms with Crippen molar-refractivity contribution in [1.29, 1.82) is 0 Å². The molecule has 0 spiro atoms. The lowest BCUT2D eigenvalue weighted by atomic mass is 9.99. The van der Waals surface area contributed by atoms with Gasteiger partial charge in [0.2, 0.25) is 0 Å². The van der Waals surface area contributed by atoms with E-state index in [0.717, 1.165) is 36.7 Å². The molecule has 10 heteroatoms. The van der Waals surface area contributed by atoms with Crippen molar-refractivity contribution in [3.8, 4) is 21.7 Å². The monoisotopic (exact) mass is 439 g/mol. The van der Waals surface area contributed by atoms with Crippen molar-refractivity contribution < 1.29 is 18.3 Å². The van der Waals surface area contributed by atoms with Crippen LogP contribution in [-0.2, 0) is 18.3 Å². The van der Waals surface area contributed by atoms with E-state index in [2.05, 4.69) is 22.2 Å². The van der Waals surface area contributed by atoms with E-state index in [1.165, 1.54) is 12.3 Å². The fourth-order valence-corrected chi connectivity index (χ4v) is 3.84. The summed E-state index contributed by atoms with van der Waals surface area (Å²) in [5.41, 5.74) is 4.85. The highest BCUT2D eigenvalue weighted by atomic mass is 32.1. The Hall–Kier alpha value is -2.30. The summed E-state index contributed by atoms with van der Waals surface area (Å²) >= 11 is 1.06. The summed E-state index contributed by atoms with van der Waals surface area (Å²) in [6.07, 6.45) is 1.58. The fraction of sp³-hybridized carbons (Fsp3) is 0.450. The van der Waals surface area contributed by atoms with E-state index in [0.29, 0.717) is 27.7 Å². The molecule has 0 aliphatic rings. The van der Waals surface area contributed by atoms with E-state index in [1.54, 1.807) is 23.9 Å². The Bertz CT molecular complexity index is 996. The minimum absolute atomic E-state index is 0.0664. The van der Waals surface area contributed by atoms with Gasteiger partial charge in [-0.1, -0.05) is 43.2 Å². The zero-order chi connectivity index (χ0) is 21.9. The summed E-state index contributed by atoms with van der Waals surface area (Å²) in [5, 5.41) is 22.1. The van der Waals surface area contributed by atoms with Gasteiger partial charge in [-0.15, -0.1) is 10.2 Å². The number of nitrogens with zero attached hydrogens (tertiary/aromatic N) is 4. The molecule has 0 saturated carbocycles. The number of hydrogen-bond acceptors (Lipinski definition) is 6. The number of hydrogen-bond donors (Lipinski definition) is 2. The molecule has 0 bridgehead atoms. The molecule has 1 aromatic carbocycles. The molecule has 0 aliphatic heterocycles. The molecule has 0 saturated heterocycles. The van der Waals surface area contributed by atoms with Gasteiger partial charge in [-0.05, 0) is 25.0 Å². The molecule has 162 valence electrons. The second kappa shape index (κ2) is 8.83. The van der Waals surface area contributed by atoms with Crippen molar-refractivity contribution in [1.82, 2.24) is 20.0 Å². The number of aromatic nitrogens is 4. The minimum atomic E-state index is -4.54. The van der Waals surface area contributed by atoms with Crippen LogP contribution in [0.3, 0.4) is 0 Å². The number of aliphatic hydroxyl groups excluding tert-OH is 1. The van der Waals surface area contributed by atoms with E-state index in [9.17, 15) is 18.3 Å². The molecule has 0 amide bonds. The number of benzene rings is 1. The van der Waals surface area contributed by atoms with Crippen LogP contribution in [0.5, 0.6) is 0 Å². The van der Waals surface area contributed by atoms with Crippen LogP contribution in [0.4, 0.5) is 13.2 Å². The Morgan fingerprint density at radius 3 is 2.60 bits per heavy atom. The second-order valence-electron chi connectivity index (χ2n) is 7.45. The average molecular weight is 440 g/mol. The topological polar surface area (TPSA) is 89.9 Å². The van der Waals surface area contributed by atoms with Crippen LogP contribution >= 0.6 is 11.3 Å². The first-order valence-electron chi connectivity index (χ1n) is 9.64. The van der Waals surface area contributed by atoms with Gasteiger partial charge >= 0.3 is 6.18 Å². The first kappa shape index (κ1) is 22.4. The van der Waals surface area contributed by atoms with Crippen molar-refractivity contribution in [2.24, 2.45) is 5.73 Å². The Labute approximate surface area is 176 Å². The molecule has 0 fully saturated rings. The van der Waals surface area contributed by atoms with Gasteiger partial charge in [-0.2, -0.15) is 18.3 Å².